The summed E-state index contributed by atoms with van der Waals surface area (Å²) in [5, 5.41) is 0. The molecule has 0 amide bonds. The van der Waals surface area contributed by atoms with Crippen LogP contribution in [0.25, 0.3) is 0 Å². The van der Waals surface area contributed by atoms with Gasteiger partial charge in [-0.2, -0.15) is 0 Å². The molecule has 1 nitrogen and oxygen atoms in total. The third-order valence-electron chi connectivity index (χ3n) is 7.38. The van der Waals surface area contributed by atoms with Crippen LogP contribution in [-0.4, -0.2) is 0 Å². The molecule has 1 unspecified atom stereocenters. The molecule has 6 rings (SSSR count). The monoisotopic (exact) mass is 425 g/mol. The highest BCUT2D eigenvalue weighted by Crippen LogP contribution is 2.61. The summed E-state index contributed by atoms with van der Waals surface area (Å²) < 4.78 is 0. The van der Waals surface area contributed by atoms with E-state index in [4.69, 9.17) is 5.73 Å². The van der Waals surface area contributed by atoms with Gasteiger partial charge in [-0.25, -0.2) is 0 Å². The topological polar surface area (TPSA) is 26.0 Å². The Morgan fingerprint density at radius 2 is 1.21 bits per heavy atom. The fourth-order valence-corrected chi connectivity index (χ4v) is 6.07. The Kier molecular flexibility index (Phi) is 4.77. The number of rotatable bonds is 4. The van der Waals surface area contributed by atoms with Crippen molar-refractivity contribution in [3.8, 4) is 0 Å². The minimum Gasteiger partial charge on any atom is -0.399 e. The van der Waals surface area contributed by atoms with Crippen LogP contribution in [0.4, 0.5) is 0 Å². The minimum atomic E-state index is -0.354. The Bertz CT molecular complexity index is 1310. The minimum absolute atomic E-state index is 0.327. The number of allylic oxidation sites excluding steroid dienone is 3. The van der Waals surface area contributed by atoms with E-state index in [2.05, 4.69) is 121 Å². The molecule has 0 fully saturated rings. The maximum atomic E-state index is 6.80. The van der Waals surface area contributed by atoms with Gasteiger partial charge in [-0.1, -0.05) is 121 Å². The molecule has 0 bridgehead atoms. The van der Waals surface area contributed by atoms with E-state index in [1.54, 1.807) is 0 Å². The molecule has 4 aromatic carbocycles. The second-order valence-electron chi connectivity index (χ2n) is 9.07. The van der Waals surface area contributed by atoms with Gasteiger partial charge in [0.25, 0.3) is 0 Å². The number of nitrogens with two attached hydrogens (primary N) is 1. The lowest BCUT2D eigenvalue weighted by Gasteiger charge is -2.38. The Labute approximate surface area is 195 Å². The Hall–Kier alpha value is -3.84. The molecule has 2 N–H and O–H groups in total. The first-order valence-corrected chi connectivity index (χ1v) is 11.7. The number of benzene rings is 4. The van der Waals surface area contributed by atoms with Crippen LogP contribution < -0.4 is 5.73 Å². The molecule has 0 aliphatic heterocycles. The fraction of sp³-hybridized carbons (Fsp3) is 0.125. The van der Waals surface area contributed by atoms with Crippen molar-refractivity contribution >= 4 is 0 Å². The van der Waals surface area contributed by atoms with Crippen LogP contribution in [0, 0.1) is 0 Å². The highest BCUT2D eigenvalue weighted by molar-refractivity contribution is 5.71. The molecule has 4 aromatic rings. The zero-order valence-electron chi connectivity index (χ0n) is 18.6. The van der Waals surface area contributed by atoms with E-state index in [9.17, 15) is 0 Å². The standard InChI is InChI=1S/C32H27N/c33-30-21-20-27-26-18-10-11-19-29(26)32(24-14-6-2-7-15-24,25-16-8-3-9-17-25)31(27)28(30)22-23-12-4-1-5-13-23/h1-19,21,27H,20,22,33H2. The van der Waals surface area contributed by atoms with Gasteiger partial charge in [-0.3, -0.25) is 0 Å². The molecular formula is C32H27N. The molecule has 0 radical (unpaired) electrons. The molecule has 2 aliphatic rings. The lowest BCUT2D eigenvalue weighted by molar-refractivity contribution is 0.670. The fourth-order valence-electron chi connectivity index (χ4n) is 6.07. The largest absolute Gasteiger partial charge is 0.399 e. The molecule has 160 valence electrons. The number of hydrogen-bond acceptors (Lipinski definition) is 1. The predicted molar refractivity (Wildman–Crippen MR) is 136 cm³/mol. The Morgan fingerprint density at radius 1 is 0.667 bits per heavy atom. The van der Waals surface area contributed by atoms with Crippen molar-refractivity contribution in [3.05, 3.63) is 166 Å². The van der Waals surface area contributed by atoms with Crippen LogP contribution in [-0.2, 0) is 11.8 Å². The van der Waals surface area contributed by atoms with E-state index in [0.717, 1.165) is 18.5 Å². The highest BCUT2D eigenvalue weighted by Gasteiger charge is 2.52. The van der Waals surface area contributed by atoms with Crippen molar-refractivity contribution in [2.45, 2.75) is 24.2 Å². The molecule has 0 saturated carbocycles. The smallest absolute Gasteiger partial charge is 0.0677 e. The van der Waals surface area contributed by atoms with Crippen molar-refractivity contribution < 1.29 is 0 Å². The maximum absolute atomic E-state index is 6.80. The molecule has 0 saturated heterocycles. The van der Waals surface area contributed by atoms with Crippen LogP contribution in [0.5, 0.6) is 0 Å². The van der Waals surface area contributed by atoms with Crippen molar-refractivity contribution in [2.75, 3.05) is 0 Å². The predicted octanol–water partition coefficient (Wildman–Crippen LogP) is 6.90. The van der Waals surface area contributed by atoms with Gasteiger partial charge in [-0.15, -0.1) is 0 Å². The molecule has 1 heteroatoms. The average Bonchev–Trinajstić information content (AvgIpc) is 3.19. The van der Waals surface area contributed by atoms with Crippen LogP contribution in [0.15, 0.2) is 138 Å². The molecule has 2 aliphatic carbocycles. The van der Waals surface area contributed by atoms with E-state index in [1.807, 2.05) is 0 Å². The summed E-state index contributed by atoms with van der Waals surface area (Å²) >= 11 is 0. The van der Waals surface area contributed by atoms with Gasteiger partial charge < -0.3 is 5.73 Å². The van der Waals surface area contributed by atoms with E-state index < -0.39 is 0 Å². The van der Waals surface area contributed by atoms with Gasteiger partial charge >= 0.3 is 0 Å². The van der Waals surface area contributed by atoms with Gasteiger partial charge in [0.15, 0.2) is 0 Å². The Morgan fingerprint density at radius 3 is 1.85 bits per heavy atom. The van der Waals surface area contributed by atoms with Gasteiger partial charge in [0.2, 0.25) is 0 Å². The summed E-state index contributed by atoms with van der Waals surface area (Å²) in [6.07, 6.45) is 4.03. The summed E-state index contributed by atoms with van der Waals surface area (Å²) in [4.78, 5) is 0. The molecular weight excluding hydrogens is 398 g/mol. The summed E-state index contributed by atoms with van der Waals surface area (Å²) in [5.74, 6) is 0.327. The summed E-state index contributed by atoms with van der Waals surface area (Å²) in [6, 6.07) is 41.7. The first-order chi connectivity index (χ1) is 16.3. The van der Waals surface area contributed by atoms with Crippen LogP contribution in [0.2, 0.25) is 0 Å². The highest BCUT2D eigenvalue weighted by atomic mass is 14.6. The quantitative estimate of drug-likeness (QED) is 0.378. The molecule has 0 heterocycles. The lowest BCUT2D eigenvalue weighted by atomic mass is 9.64. The third-order valence-corrected chi connectivity index (χ3v) is 7.38. The summed E-state index contributed by atoms with van der Waals surface area (Å²) in [7, 11) is 0. The number of fused-ring (bicyclic) bond motifs is 3. The SMILES string of the molecule is NC1=CCC2C(=C1Cc1ccccc1)C(c1ccccc1)(c1ccccc1)c1ccccc12. The molecule has 0 aromatic heterocycles. The van der Waals surface area contributed by atoms with Crippen molar-refractivity contribution in [3.63, 3.8) is 0 Å². The van der Waals surface area contributed by atoms with Crippen molar-refractivity contribution in [2.24, 2.45) is 5.73 Å². The first-order valence-electron chi connectivity index (χ1n) is 11.7. The second kappa shape index (κ2) is 7.94. The normalized spacial score (nSPS) is 18.4. The average molecular weight is 426 g/mol. The molecule has 33 heavy (non-hydrogen) atoms. The van der Waals surface area contributed by atoms with Crippen molar-refractivity contribution in [1.82, 2.24) is 0 Å². The Balaban J connectivity index is 1.74. The molecule has 0 spiro atoms. The third kappa shape index (κ3) is 3.00. The van der Waals surface area contributed by atoms with Gasteiger partial charge in [0.1, 0.15) is 0 Å². The summed E-state index contributed by atoms with van der Waals surface area (Å²) in [6.45, 7) is 0. The summed E-state index contributed by atoms with van der Waals surface area (Å²) in [5.41, 5.74) is 16.8. The lowest BCUT2D eigenvalue weighted by Crippen LogP contribution is -2.32. The first kappa shape index (κ1) is 19.8. The van der Waals surface area contributed by atoms with Crippen LogP contribution in [0.1, 0.15) is 40.2 Å². The van der Waals surface area contributed by atoms with Gasteiger partial charge in [-0.05, 0) is 51.8 Å². The number of hydrogen-bond donors (Lipinski definition) is 1. The van der Waals surface area contributed by atoms with Crippen LogP contribution >= 0.6 is 0 Å². The van der Waals surface area contributed by atoms with Gasteiger partial charge in [0.05, 0.1) is 5.41 Å². The maximum Gasteiger partial charge on any atom is 0.0677 e. The van der Waals surface area contributed by atoms with Crippen LogP contribution in [0.3, 0.4) is 0 Å². The van der Waals surface area contributed by atoms with E-state index in [0.29, 0.717) is 5.92 Å². The zero-order valence-corrected chi connectivity index (χ0v) is 18.6. The second-order valence-corrected chi connectivity index (χ2v) is 9.07. The van der Waals surface area contributed by atoms with E-state index in [1.165, 1.54) is 39.0 Å². The van der Waals surface area contributed by atoms with E-state index in [-0.39, 0.29) is 5.41 Å². The van der Waals surface area contributed by atoms with Crippen molar-refractivity contribution in [1.29, 1.82) is 0 Å². The van der Waals surface area contributed by atoms with Gasteiger partial charge in [0, 0.05) is 11.6 Å². The molecule has 1 atom stereocenters. The van der Waals surface area contributed by atoms with E-state index >= 15 is 0 Å². The zero-order chi connectivity index (χ0) is 22.3.